The highest BCUT2D eigenvalue weighted by molar-refractivity contribution is 6.31. The van der Waals surface area contributed by atoms with Crippen LogP contribution in [0.1, 0.15) is 0 Å². The van der Waals surface area contributed by atoms with E-state index in [9.17, 15) is 0 Å². The topological polar surface area (TPSA) is 50.9 Å². The molecular weight excluding hydrogens is 125 g/mol. The van der Waals surface area contributed by atoms with Gasteiger partial charge in [0, 0.05) is 7.05 Å². The maximum absolute atomic E-state index is 5.57. The number of aromatic nitrogens is 1. The van der Waals surface area contributed by atoms with Crippen LogP contribution in [0.5, 0.6) is 0 Å². The molecule has 0 bridgehead atoms. The van der Waals surface area contributed by atoms with E-state index in [1.807, 2.05) is 21.0 Å². The predicted octanol–water partition coefficient (Wildman–Crippen LogP) is -1.04. The Labute approximate surface area is 61.1 Å². The second kappa shape index (κ2) is 2.60. The summed E-state index contributed by atoms with van der Waals surface area (Å²) in [6.07, 6.45) is 1.65. The maximum atomic E-state index is 5.57. The average Bonchev–Trinajstić information content (AvgIpc) is 1.94. The fraction of sp³-hybridized carbons (Fsp3) is 0.167. The Morgan fingerprint density at radius 3 is 2.90 bits per heavy atom. The van der Waals surface area contributed by atoms with Crippen molar-refractivity contribution >= 4 is 24.8 Å². The zero-order valence-electron chi connectivity index (χ0n) is 6.18. The molecule has 0 atom stereocenters. The van der Waals surface area contributed by atoms with Crippen LogP contribution in [-0.4, -0.2) is 19.9 Å². The first-order valence-electron chi connectivity index (χ1n) is 3.14. The van der Waals surface area contributed by atoms with Crippen molar-refractivity contribution in [1.82, 2.24) is 4.98 Å². The van der Waals surface area contributed by atoms with Gasteiger partial charge < -0.3 is 11.1 Å². The summed E-state index contributed by atoms with van der Waals surface area (Å²) < 4.78 is 0. The molecule has 0 fully saturated rings. The molecule has 0 aliphatic heterocycles. The lowest BCUT2D eigenvalue weighted by atomic mass is 10.0. The van der Waals surface area contributed by atoms with Crippen molar-refractivity contribution in [2.45, 2.75) is 0 Å². The van der Waals surface area contributed by atoms with Gasteiger partial charge in [0.05, 0.1) is 17.6 Å². The molecule has 0 saturated carbocycles. The Morgan fingerprint density at radius 2 is 2.40 bits per heavy atom. The average molecular weight is 135 g/mol. The summed E-state index contributed by atoms with van der Waals surface area (Å²) >= 11 is 0. The molecule has 4 heteroatoms. The molecule has 0 amide bonds. The molecular formula is C6H10BN3. The third kappa shape index (κ3) is 1.21. The van der Waals surface area contributed by atoms with Crippen molar-refractivity contribution in [1.29, 1.82) is 0 Å². The van der Waals surface area contributed by atoms with E-state index in [2.05, 4.69) is 10.3 Å². The molecule has 0 unspecified atom stereocenters. The SMILES string of the molecule is Bc1cc(NC)c(N)cn1. The Morgan fingerprint density at radius 1 is 1.70 bits per heavy atom. The van der Waals surface area contributed by atoms with Crippen molar-refractivity contribution in [3.8, 4) is 0 Å². The minimum atomic E-state index is 0.688. The van der Waals surface area contributed by atoms with Crippen LogP contribution in [0.3, 0.4) is 0 Å². The van der Waals surface area contributed by atoms with Crippen LogP contribution in [0.4, 0.5) is 11.4 Å². The number of nitrogens with two attached hydrogens (primary N) is 1. The van der Waals surface area contributed by atoms with Crippen molar-refractivity contribution in [3.63, 3.8) is 0 Å². The van der Waals surface area contributed by atoms with Gasteiger partial charge in [-0.05, 0) is 11.7 Å². The van der Waals surface area contributed by atoms with Crippen LogP contribution in [-0.2, 0) is 0 Å². The van der Waals surface area contributed by atoms with Gasteiger partial charge in [-0.2, -0.15) is 0 Å². The number of nitrogen functional groups attached to an aromatic ring is 1. The van der Waals surface area contributed by atoms with Crippen LogP contribution in [0.2, 0.25) is 0 Å². The number of pyridine rings is 1. The predicted molar refractivity (Wildman–Crippen MR) is 46.4 cm³/mol. The van der Waals surface area contributed by atoms with Crippen LogP contribution in [0.25, 0.3) is 0 Å². The lowest BCUT2D eigenvalue weighted by molar-refractivity contribution is 1.37. The van der Waals surface area contributed by atoms with E-state index in [1.165, 1.54) is 0 Å². The highest BCUT2D eigenvalue weighted by atomic mass is 14.9. The third-order valence-corrected chi connectivity index (χ3v) is 1.34. The van der Waals surface area contributed by atoms with Gasteiger partial charge in [-0.25, -0.2) is 0 Å². The summed E-state index contributed by atoms with van der Waals surface area (Å²) in [7, 11) is 3.77. The highest BCUT2D eigenvalue weighted by Gasteiger charge is 1.94. The number of hydrogen-bond donors (Lipinski definition) is 2. The molecule has 1 aromatic rings. The van der Waals surface area contributed by atoms with Gasteiger partial charge in [0.2, 0.25) is 0 Å². The smallest absolute Gasteiger partial charge is 0.164 e. The van der Waals surface area contributed by atoms with E-state index in [0.717, 1.165) is 11.3 Å². The molecule has 0 spiro atoms. The lowest BCUT2D eigenvalue weighted by Crippen LogP contribution is -2.10. The van der Waals surface area contributed by atoms with E-state index in [4.69, 9.17) is 5.73 Å². The molecule has 1 rings (SSSR count). The zero-order chi connectivity index (χ0) is 7.56. The number of hydrogen-bond acceptors (Lipinski definition) is 3. The summed E-state index contributed by atoms with van der Waals surface area (Å²) in [5, 5.41) is 2.97. The normalized spacial score (nSPS) is 9.30. The molecule has 10 heavy (non-hydrogen) atoms. The van der Waals surface area contributed by atoms with Crippen molar-refractivity contribution in [3.05, 3.63) is 12.3 Å². The summed E-state index contributed by atoms with van der Waals surface area (Å²) in [6.45, 7) is 0. The van der Waals surface area contributed by atoms with Gasteiger partial charge in [-0.15, -0.1) is 0 Å². The number of anilines is 2. The molecule has 0 radical (unpaired) electrons. The molecule has 1 heterocycles. The molecule has 3 N–H and O–H groups in total. The maximum Gasteiger partial charge on any atom is 0.164 e. The number of nitrogens with zero attached hydrogens (tertiary/aromatic N) is 1. The number of rotatable bonds is 1. The molecule has 52 valence electrons. The Bertz CT molecular complexity index is 236. The largest absolute Gasteiger partial charge is 0.396 e. The molecule has 0 aromatic carbocycles. The molecule has 0 saturated heterocycles. The van der Waals surface area contributed by atoms with E-state index in [-0.39, 0.29) is 0 Å². The standard InChI is InChI=1S/C6H10BN3/c1-9-5-2-6(7)10-3-4(5)8/h2-3H,7-8H2,1H3,(H,9,10). The van der Waals surface area contributed by atoms with Crippen molar-refractivity contribution < 1.29 is 0 Å². The molecule has 1 aromatic heterocycles. The summed E-state index contributed by atoms with van der Waals surface area (Å²) in [5.41, 5.74) is 8.17. The summed E-state index contributed by atoms with van der Waals surface area (Å²) in [4.78, 5) is 4.02. The monoisotopic (exact) mass is 135 g/mol. The Balaban J connectivity index is 3.09. The van der Waals surface area contributed by atoms with Crippen LogP contribution >= 0.6 is 0 Å². The summed E-state index contributed by atoms with van der Waals surface area (Å²) in [5.74, 6) is 0. The van der Waals surface area contributed by atoms with Crippen LogP contribution in [0, 0.1) is 0 Å². The third-order valence-electron chi connectivity index (χ3n) is 1.34. The zero-order valence-corrected chi connectivity index (χ0v) is 6.18. The number of nitrogens with one attached hydrogen (secondary N) is 1. The summed E-state index contributed by atoms with van der Waals surface area (Å²) in [6, 6.07) is 1.91. The first-order chi connectivity index (χ1) is 4.74. The van der Waals surface area contributed by atoms with Gasteiger partial charge in [0.25, 0.3) is 0 Å². The minimum Gasteiger partial charge on any atom is -0.396 e. The second-order valence-electron chi connectivity index (χ2n) is 2.16. The second-order valence-corrected chi connectivity index (χ2v) is 2.16. The van der Waals surface area contributed by atoms with E-state index in [0.29, 0.717) is 5.69 Å². The Hall–Kier alpha value is -1.19. The van der Waals surface area contributed by atoms with Gasteiger partial charge >= 0.3 is 0 Å². The van der Waals surface area contributed by atoms with E-state index < -0.39 is 0 Å². The van der Waals surface area contributed by atoms with Gasteiger partial charge in [0.1, 0.15) is 0 Å². The minimum absolute atomic E-state index is 0.688. The quantitative estimate of drug-likeness (QED) is 0.483. The first kappa shape index (κ1) is 6.93. The van der Waals surface area contributed by atoms with Gasteiger partial charge in [0.15, 0.2) is 7.85 Å². The fourth-order valence-corrected chi connectivity index (χ4v) is 0.787. The first-order valence-corrected chi connectivity index (χ1v) is 3.14. The van der Waals surface area contributed by atoms with Crippen LogP contribution < -0.4 is 16.6 Å². The highest BCUT2D eigenvalue weighted by Crippen LogP contribution is 2.11. The Kier molecular flexibility index (Phi) is 1.80. The van der Waals surface area contributed by atoms with Gasteiger partial charge in [-0.3, -0.25) is 4.98 Å². The lowest BCUT2D eigenvalue weighted by Gasteiger charge is -2.03. The fourth-order valence-electron chi connectivity index (χ4n) is 0.787. The van der Waals surface area contributed by atoms with Crippen LogP contribution in [0.15, 0.2) is 12.3 Å². The molecule has 3 nitrogen and oxygen atoms in total. The molecule has 0 aliphatic carbocycles. The van der Waals surface area contributed by atoms with Crippen molar-refractivity contribution in [2.24, 2.45) is 0 Å². The van der Waals surface area contributed by atoms with E-state index in [1.54, 1.807) is 6.20 Å². The molecule has 0 aliphatic rings. The van der Waals surface area contributed by atoms with Gasteiger partial charge in [-0.1, -0.05) is 0 Å². The van der Waals surface area contributed by atoms with Crippen molar-refractivity contribution in [2.75, 3.05) is 18.1 Å². The van der Waals surface area contributed by atoms with E-state index >= 15 is 0 Å².